The Morgan fingerprint density at radius 3 is 2.59 bits per heavy atom. The van der Waals surface area contributed by atoms with E-state index in [1.807, 2.05) is 19.1 Å². The fourth-order valence-electron chi connectivity index (χ4n) is 2.43. The Morgan fingerprint density at radius 2 is 1.94 bits per heavy atom. The van der Waals surface area contributed by atoms with E-state index in [-0.39, 0.29) is 0 Å². The first-order chi connectivity index (χ1) is 8.13. The topological polar surface area (TPSA) is 12.0 Å². The molecule has 0 amide bonds. The highest BCUT2D eigenvalue weighted by atomic mass is 35.5. The number of hydrogen-bond donors (Lipinski definition) is 1. The van der Waals surface area contributed by atoms with Gasteiger partial charge in [0, 0.05) is 17.6 Å². The molecule has 0 unspecified atom stereocenters. The molecule has 0 spiro atoms. The quantitative estimate of drug-likeness (QED) is 0.860. The molecule has 0 atom stereocenters. The summed E-state index contributed by atoms with van der Waals surface area (Å²) in [6.45, 7) is 2.87. The van der Waals surface area contributed by atoms with Crippen LogP contribution in [0.5, 0.6) is 0 Å². The summed E-state index contributed by atoms with van der Waals surface area (Å²) in [6, 6.07) is 6.54. The van der Waals surface area contributed by atoms with Gasteiger partial charge in [-0.2, -0.15) is 0 Å². The molecule has 1 aliphatic rings. The van der Waals surface area contributed by atoms with Crippen molar-refractivity contribution >= 4 is 11.6 Å². The lowest BCUT2D eigenvalue weighted by Crippen LogP contribution is -2.33. The van der Waals surface area contributed by atoms with Crippen LogP contribution in [0.3, 0.4) is 0 Å². The number of benzene rings is 1. The highest BCUT2D eigenvalue weighted by molar-refractivity contribution is 6.30. The number of rotatable bonds is 3. The van der Waals surface area contributed by atoms with E-state index in [0.29, 0.717) is 18.9 Å². The van der Waals surface area contributed by atoms with Crippen LogP contribution in [-0.2, 0) is 6.54 Å². The van der Waals surface area contributed by atoms with Gasteiger partial charge in [-0.1, -0.05) is 17.7 Å². The van der Waals surface area contributed by atoms with Gasteiger partial charge in [-0.05, 0) is 55.9 Å². The molecule has 1 nitrogen and oxygen atoms in total. The van der Waals surface area contributed by atoms with Crippen LogP contribution in [0, 0.1) is 6.92 Å². The Morgan fingerprint density at radius 1 is 1.24 bits per heavy atom. The average molecular weight is 256 g/mol. The molecule has 0 heterocycles. The number of hydrogen-bond acceptors (Lipinski definition) is 1. The normalized spacial score (nSPS) is 24.9. The summed E-state index contributed by atoms with van der Waals surface area (Å²) in [5.74, 6) is 0. The second kappa shape index (κ2) is 5.83. The van der Waals surface area contributed by atoms with Gasteiger partial charge in [-0.15, -0.1) is 0 Å². The van der Waals surface area contributed by atoms with Crippen molar-refractivity contribution in [3.63, 3.8) is 0 Å². The fraction of sp³-hybridized carbons (Fsp3) is 0.571. The molecule has 0 saturated heterocycles. The van der Waals surface area contributed by atoms with Crippen molar-refractivity contribution in [2.45, 2.75) is 51.4 Å². The van der Waals surface area contributed by atoms with Crippen molar-refractivity contribution in [3.05, 3.63) is 34.3 Å². The maximum atomic E-state index is 13.0. The van der Waals surface area contributed by atoms with E-state index < -0.39 is 6.17 Å². The predicted molar refractivity (Wildman–Crippen MR) is 70.2 cm³/mol. The monoisotopic (exact) mass is 255 g/mol. The van der Waals surface area contributed by atoms with E-state index in [1.54, 1.807) is 0 Å². The first kappa shape index (κ1) is 12.8. The second-order valence-electron chi connectivity index (χ2n) is 4.97. The van der Waals surface area contributed by atoms with E-state index in [9.17, 15) is 4.39 Å². The summed E-state index contributed by atoms with van der Waals surface area (Å²) >= 11 is 6.01. The van der Waals surface area contributed by atoms with E-state index in [0.717, 1.165) is 24.4 Å². The lowest BCUT2D eigenvalue weighted by molar-refractivity contribution is 0.219. The van der Waals surface area contributed by atoms with E-state index in [2.05, 4.69) is 11.4 Å². The Balaban J connectivity index is 1.85. The molecule has 1 N–H and O–H groups in total. The van der Waals surface area contributed by atoms with Gasteiger partial charge in [-0.25, -0.2) is 4.39 Å². The van der Waals surface area contributed by atoms with Gasteiger partial charge in [0.25, 0.3) is 0 Å². The van der Waals surface area contributed by atoms with Crippen LogP contribution >= 0.6 is 11.6 Å². The molecule has 0 aliphatic heterocycles. The maximum absolute atomic E-state index is 13.0. The first-order valence-electron chi connectivity index (χ1n) is 6.27. The standard InChI is InChI=1S/C14H19ClFN/c1-10-6-11(8-12(15)7-10)9-17-14-4-2-13(16)3-5-14/h6-8,13-14,17H,2-5,9H2,1H3. The van der Waals surface area contributed by atoms with Gasteiger partial charge in [-0.3, -0.25) is 0 Å². The minimum Gasteiger partial charge on any atom is -0.310 e. The average Bonchev–Trinajstić information content (AvgIpc) is 2.27. The van der Waals surface area contributed by atoms with Crippen molar-refractivity contribution in [1.29, 1.82) is 0 Å². The van der Waals surface area contributed by atoms with Crippen LogP contribution in [0.4, 0.5) is 4.39 Å². The molecule has 0 aromatic heterocycles. The van der Waals surface area contributed by atoms with Crippen LogP contribution in [0.25, 0.3) is 0 Å². The van der Waals surface area contributed by atoms with Gasteiger partial charge in [0.05, 0.1) is 0 Å². The molecule has 94 valence electrons. The van der Waals surface area contributed by atoms with Crippen LogP contribution in [0.15, 0.2) is 18.2 Å². The molecular formula is C14H19ClFN. The van der Waals surface area contributed by atoms with Crippen LogP contribution in [0.1, 0.15) is 36.8 Å². The second-order valence-corrected chi connectivity index (χ2v) is 5.40. The molecule has 1 aromatic rings. The largest absolute Gasteiger partial charge is 0.310 e. The number of alkyl halides is 1. The summed E-state index contributed by atoms with van der Waals surface area (Å²) < 4.78 is 13.0. The van der Waals surface area contributed by atoms with Crippen LogP contribution in [-0.4, -0.2) is 12.2 Å². The highest BCUT2D eigenvalue weighted by Gasteiger charge is 2.19. The number of halogens is 2. The zero-order valence-corrected chi connectivity index (χ0v) is 10.9. The minimum absolute atomic E-state index is 0.460. The minimum atomic E-state index is -0.582. The SMILES string of the molecule is Cc1cc(Cl)cc(CNC2CCC(F)CC2)c1. The van der Waals surface area contributed by atoms with Crippen molar-refractivity contribution in [3.8, 4) is 0 Å². The molecule has 3 heteroatoms. The lowest BCUT2D eigenvalue weighted by atomic mass is 9.94. The number of nitrogens with one attached hydrogen (secondary N) is 1. The molecule has 2 rings (SSSR count). The van der Waals surface area contributed by atoms with Crippen molar-refractivity contribution in [1.82, 2.24) is 5.32 Å². The first-order valence-corrected chi connectivity index (χ1v) is 6.65. The lowest BCUT2D eigenvalue weighted by Gasteiger charge is -2.25. The Hall–Kier alpha value is -0.600. The molecule has 1 aromatic carbocycles. The maximum Gasteiger partial charge on any atom is 0.100 e. The van der Waals surface area contributed by atoms with Crippen molar-refractivity contribution in [2.75, 3.05) is 0 Å². The van der Waals surface area contributed by atoms with Gasteiger partial charge in [0.15, 0.2) is 0 Å². The molecular weight excluding hydrogens is 237 g/mol. The van der Waals surface area contributed by atoms with Gasteiger partial charge >= 0.3 is 0 Å². The third kappa shape index (κ3) is 3.97. The zero-order chi connectivity index (χ0) is 12.3. The molecule has 1 fully saturated rings. The van der Waals surface area contributed by atoms with Gasteiger partial charge in [0.1, 0.15) is 6.17 Å². The van der Waals surface area contributed by atoms with Gasteiger partial charge < -0.3 is 5.32 Å². The summed E-state index contributed by atoms with van der Waals surface area (Å²) in [4.78, 5) is 0. The van der Waals surface area contributed by atoms with Crippen molar-refractivity contribution in [2.24, 2.45) is 0 Å². The Kier molecular flexibility index (Phi) is 4.41. The van der Waals surface area contributed by atoms with E-state index in [1.165, 1.54) is 11.1 Å². The summed E-state index contributed by atoms with van der Waals surface area (Å²) in [6.07, 6.45) is 2.71. The van der Waals surface area contributed by atoms with Crippen LogP contribution < -0.4 is 5.32 Å². The molecule has 0 bridgehead atoms. The van der Waals surface area contributed by atoms with Crippen LogP contribution in [0.2, 0.25) is 5.02 Å². The highest BCUT2D eigenvalue weighted by Crippen LogP contribution is 2.21. The van der Waals surface area contributed by atoms with Gasteiger partial charge in [0.2, 0.25) is 0 Å². The summed E-state index contributed by atoms with van der Waals surface area (Å²) in [7, 11) is 0. The van der Waals surface area contributed by atoms with E-state index in [4.69, 9.17) is 11.6 Å². The third-order valence-corrected chi connectivity index (χ3v) is 3.57. The zero-order valence-electron chi connectivity index (χ0n) is 10.2. The van der Waals surface area contributed by atoms with E-state index >= 15 is 0 Å². The molecule has 1 aliphatic carbocycles. The Labute approximate surface area is 107 Å². The molecule has 1 saturated carbocycles. The number of aryl methyl sites for hydroxylation is 1. The Bertz CT molecular complexity index is 352. The summed E-state index contributed by atoms with van der Waals surface area (Å²) in [5.41, 5.74) is 2.39. The van der Waals surface area contributed by atoms with Crippen molar-refractivity contribution < 1.29 is 4.39 Å². The molecule has 0 radical (unpaired) electrons. The third-order valence-electron chi connectivity index (χ3n) is 3.35. The summed E-state index contributed by atoms with van der Waals surface area (Å²) in [5, 5.41) is 4.27. The smallest absolute Gasteiger partial charge is 0.100 e. The fourth-order valence-corrected chi connectivity index (χ4v) is 2.75. The predicted octanol–water partition coefficient (Wildman–Crippen LogP) is 4.02. The molecule has 17 heavy (non-hydrogen) atoms.